The van der Waals surface area contributed by atoms with Crippen LogP contribution in [-0.2, 0) is 0 Å². The zero-order valence-corrected chi connectivity index (χ0v) is 14.8. The van der Waals surface area contributed by atoms with Crippen LogP contribution in [0.25, 0.3) is 10.9 Å². The molecule has 2 aromatic heterocycles. The Morgan fingerprint density at radius 1 is 0.926 bits per heavy atom. The van der Waals surface area contributed by atoms with Gasteiger partial charge in [0.1, 0.15) is 0 Å². The highest BCUT2D eigenvalue weighted by Crippen LogP contribution is 2.23. The molecule has 27 heavy (non-hydrogen) atoms. The number of hydrogen-bond donors (Lipinski definition) is 2. The number of fused-ring (bicyclic) bond motifs is 1. The summed E-state index contributed by atoms with van der Waals surface area (Å²) in [6, 6.07) is 19.3. The standard InChI is InChI=1S/C22H18N4O/c1-15-6-2-3-9-19(15)25-18-12-17(13-23-14-18)22(27)26-20-10-4-7-16-8-5-11-24-21(16)20/h2-14,25H,1H3,(H,26,27). The molecule has 4 aromatic rings. The van der Waals surface area contributed by atoms with Crippen molar-refractivity contribution in [3.63, 3.8) is 0 Å². The molecule has 0 aliphatic heterocycles. The molecule has 1 amide bonds. The van der Waals surface area contributed by atoms with Gasteiger partial charge < -0.3 is 10.6 Å². The molecule has 0 radical (unpaired) electrons. The Morgan fingerprint density at radius 2 is 1.74 bits per heavy atom. The van der Waals surface area contributed by atoms with E-state index in [-0.39, 0.29) is 5.91 Å². The summed E-state index contributed by atoms with van der Waals surface area (Å²) < 4.78 is 0. The summed E-state index contributed by atoms with van der Waals surface area (Å²) in [5.74, 6) is -0.228. The van der Waals surface area contributed by atoms with Gasteiger partial charge in [0.05, 0.1) is 28.7 Å². The largest absolute Gasteiger partial charge is 0.354 e. The number of carbonyl (C=O) groups excluding carboxylic acids is 1. The van der Waals surface area contributed by atoms with Crippen LogP contribution < -0.4 is 10.6 Å². The molecular weight excluding hydrogens is 336 g/mol. The predicted molar refractivity (Wildman–Crippen MR) is 108 cm³/mol. The minimum Gasteiger partial charge on any atom is -0.354 e. The maximum Gasteiger partial charge on any atom is 0.257 e. The van der Waals surface area contributed by atoms with Crippen molar-refractivity contribution < 1.29 is 4.79 Å². The van der Waals surface area contributed by atoms with Crippen molar-refractivity contribution in [1.29, 1.82) is 0 Å². The zero-order valence-electron chi connectivity index (χ0n) is 14.8. The van der Waals surface area contributed by atoms with E-state index in [2.05, 4.69) is 20.6 Å². The third-order valence-corrected chi connectivity index (χ3v) is 4.31. The van der Waals surface area contributed by atoms with Gasteiger partial charge in [-0.2, -0.15) is 0 Å². The van der Waals surface area contributed by atoms with E-state index in [1.54, 1.807) is 24.7 Å². The average molecular weight is 354 g/mol. The summed E-state index contributed by atoms with van der Waals surface area (Å²) in [6.45, 7) is 2.03. The molecule has 4 rings (SSSR count). The number of aryl methyl sites for hydroxylation is 1. The van der Waals surface area contributed by atoms with Gasteiger partial charge in [-0.25, -0.2) is 0 Å². The molecule has 0 saturated heterocycles. The number of aromatic nitrogens is 2. The highest BCUT2D eigenvalue weighted by atomic mass is 16.1. The van der Waals surface area contributed by atoms with Crippen LogP contribution in [0.15, 0.2) is 79.3 Å². The van der Waals surface area contributed by atoms with Crippen LogP contribution in [-0.4, -0.2) is 15.9 Å². The highest BCUT2D eigenvalue weighted by Gasteiger charge is 2.10. The molecule has 0 atom stereocenters. The third-order valence-electron chi connectivity index (χ3n) is 4.31. The SMILES string of the molecule is Cc1ccccc1Nc1cncc(C(=O)Nc2cccc3cccnc23)c1. The molecule has 132 valence electrons. The van der Waals surface area contributed by atoms with Gasteiger partial charge in [0, 0.05) is 23.5 Å². The fourth-order valence-corrected chi connectivity index (χ4v) is 2.90. The van der Waals surface area contributed by atoms with Crippen LogP contribution in [0.1, 0.15) is 15.9 Å². The molecule has 0 spiro atoms. The van der Waals surface area contributed by atoms with Crippen molar-refractivity contribution in [1.82, 2.24) is 9.97 Å². The highest BCUT2D eigenvalue weighted by molar-refractivity contribution is 6.08. The molecule has 0 aliphatic carbocycles. The Balaban J connectivity index is 1.58. The molecule has 0 fully saturated rings. The molecule has 5 heteroatoms. The van der Waals surface area contributed by atoms with E-state index in [1.165, 1.54) is 0 Å². The van der Waals surface area contributed by atoms with Gasteiger partial charge in [-0.05, 0) is 36.8 Å². The first-order chi connectivity index (χ1) is 13.2. The monoisotopic (exact) mass is 354 g/mol. The number of pyridine rings is 2. The summed E-state index contributed by atoms with van der Waals surface area (Å²) in [4.78, 5) is 21.3. The normalized spacial score (nSPS) is 10.6. The van der Waals surface area contributed by atoms with E-state index in [4.69, 9.17) is 0 Å². The molecule has 0 aliphatic rings. The second-order valence-electron chi connectivity index (χ2n) is 6.24. The maximum atomic E-state index is 12.7. The number of amides is 1. The fourth-order valence-electron chi connectivity index (χ4n) is 2.90. The summed E-state index contributed by atoms with van der Waals surface area (Å²) in [6.07, 6.45) is 4.96. The van der Waals surface area contributed by atoms with E-state index in [0.29, 0.717) is 11.3 Å². The lowest BCUT2D eigenvalue weighted by molar-refractivity contribution is 0.102. The molecule has 0 saturated carbocycles. The van der Waals surface area contributed by atoms with Crippen LogP contribution in [0, 0.1) is 6.92 Å². The van der Waals surface area contributed by atoms with Crippen molar-refractivity contribution in [3.05, 3.63) is 90.4 Å². The number of nitrogens with zero attached hydrogens (tertiary/aromatic N) is 2. The van der Waals surface area contributed by atoms with Crippen LogP contribution in [0.5, 0.6) is 0 Å². The molecular formula is C22H18N4O. The van der Waals surface area contributed by atoms with Gasteiger partial charge in [0.2, 0.25) is 0 Å². The lowest BCUT2D eigenvalue weighted by atomic mass is 10.1. The topological polar surface area (TPSA) is 66.9 Å². The molecule has 2 aromatic carbocycles. The van der Waals surface area contributed by atoms with Crippen molar-refractivity contribution >= 4 is 33.9 Å². The number of benzene rings is 2. The number of hydrogen-bond acceptors (Lipinski definition) is 4. The average Bonchev–Trinajstić information content (AvgIpc) is 2.70. The van der Waals surface area contributed by atoms with Gasteiger partial charge in [-0.1, -0.05) is 36.4 Å². The number of para-hydroxylation sites is 2. The van der Waals surface area contributed by atoms with Gasteiger partial charge in [0.25, 0.3) is 5.91 Å². The third kappa shape index (κ3) is 3.62. The van der Waals surface area contributed by atoms with E-state index < -0.39 is 0 Å². The fraction of sp³-hybridized carbons (Fsp3) is 0.0455. The van der Waals surface area contributed by atoms with E-state index >= 15 is 0 Å². The molecule has 0 unspecified atom stereocenters. The number of nitrogens with one attached hydrogen (secondary N) is 2. The Bertz CT molecular complexity index is 1120. The Labute approximate surface area is 157 Å². The maximum absolute atomic E-state index is 12.7. The quantitative estimate of drug-likeness (QED) is 0.545. The van der Waals surface area contributed by atoms with Crippen molar-refractivity contribution in [2.75, 3.05) is 10.6 Å². The second-order valence-corrected chi connectivity index (χ2v) is 6.24. The molecule has 5 nitrogen and oxygen atoms in total. The lowest BCUT2D eigenvalue weighted by Crippen LogP contribution is -2.13. The van der Waals surface area contributed by atoms with Crippen LogP contribution >= 0.6 is 0 Å². The first kappa shape index (κ1) is 16.7. The van der Waals surface area contributed by atoms with E-state index in [9.17, 15) is 4.79 Å². The van der Waals surface area contributed by atoms with Crippen molar-refractivity contribution in [2.24, 2.45) is 0 Å². The van der Waals surface area contributed by atoms with Gasteiger partial charge >= 0.3 is 0 Å². The minimum atomic E-state index is -0.228. The molecule has 2 heterocycles. The van der Waals surface area contributed by atoms with Crippen LogP contribution in [0.3, 0.4) is 0 Å². The van der Waals surface area contributed by atoms with Gasteiger partial charge in [0.15, 0.2) is 0 Å². The summed E-state index contributed by atoms with van der Waals surface area (Å²) in [7, 11) is 0. The van der Waals surface area contributed by atoms with Crippen LogP contribution in [0.4, 0.5) is 17.1 Å². The summed E-state index contributed by atoms with van der Waals surface area (Å²) >= 11 is 0. The van der Waals surface area contributed by atoms with Gasteiger partial charge in [-0.15, -0.1) is 0 Å². The second kappa shape index (κ2) is 7.25. The Hall–Kier alpha value is -3.73. The first-order valence-corrected chi connectivity index (χ1v) is 8.63. The summed E-state index contributed by atoms with van der Waals surface area (Å²) in [5.41, 5.74) is 4.77. The molecule has 2 N–H and O–H groups in total. The number of anilines is 3. The minimum absolute atomic E-state index is 0.228. The van der Waals surface area contributed by atoms with Crippen molar-refractivity contribution in [2.45, 2.75) is 6.92 Å². The lowest BCUT2D eigenvalue weighted by Gasteiger charge is -2.11. The number of rotatable bonds is 4. The zero-order chi connectivity index (χ0) is 18.6. The number of carbonyl (C=O) groups is 1. The molecule has 0 bridgehead atoms. The van der Waals surface area contributed by atoms with Crippen molar-refractivity contribution in [3.8, 4) is 0 Å². The summed E-state index contributed by atoms with van der Waals surface area (Å²) in [5, 5.41) is 7.22. The predicted octanol–water partition coefficient (Wildman–Crippen LogP) is 4.93. The van der Waals surface area contributed by atoms with E-state index in [0.717, 1.165) is 27.8 Å². The smallest absolute Gasteiger partial charge is 0.257 e. The Morgan fingerprint density at radius 3 is 2.63 bits per heavy atom. The Kier molecular flexibility index (Phi) is 4.49. The van der Waals surface area contributed by atoms with Gasteiger partial charge in [-0.3, -0.25) is 14.8 Å². The van der Waals surface area contributed by atoms with E-state index in [1.807, 2.05) is 61.5 Å². The van der Waals surface area contributed by atoms with Crippen LogP contribution in [0.2, 0.25) is 0 Å². The first-order valence-electron chi connectivity index (χ1n) is 8.63.